The van der Waals surface area contributed by atoms with Crippen LogP contribution in [0, 0.1) is 0 Å². The minimum atomic E-state index is 0.391. The second-order valence-electron chi connectivity index (χ2n) is 2.81. The zero-order valence-electron chi connectivity index (χ0n) is 7.02. The second-order valence-corrected chi connectivity index (χ2v) is 3.24. The van der Waals surface area contributed by atoms with Crippen LogP contribution in [0.2, 0.25) is 0 Å². The molecule has 0 spiro atoms. The molecule has 1 heterocycles. The first-order valence-electron chi connectivity index (χ1n) is 3.58. The SMILES string of the molecule is CC(C)N(S)c1cnn(C)c1. The number of rotatable bonds is 2. The molecule has 0 aliphatic heterocycles. The van der Waals surface area contributed by atoms with Crippen molar-refractivity contribution in [2.45, 2.75) is 19.9 Å². The number of nitrogens with zero attached hydrogens (tertiary/aromatic N) is 3. The van der Waals surface area contributed by atoms with Crippen molar-refractivity contribution in [2.75, 3.05) is 4.31 Å². The number of aryl methyl sites for hydroxylation is 1. The van der Waals surface area contributed by atoms with Gasteiger partial charge in [-0.15, -0.1) is 0 Å². The minimum absolute atomic E-state index is 0.391. The lowest BCUT2D eigenvalue weighted by molar-refractivity contribution is 0.767. The van der Waals surface area contributed by atoms with Crippen LogP contribution in [-0.4, -0.2) is 15.8 Å². The molecule has 0 aliphatic carbocycles. The summed E-state index contributed by atoms with van der Waals surface area (Å²) in [5.41, 5.74) is 1.03. The monoisotopic (exact) mass is 171 g/mol. The summed E-state index contributed by atoms with van der Waals surface area (Å²) in [5.74, 6) is 0. The Hall–Kier alpha value is -0.640. The van der Waals surface area contributed by atoms with Crippen molar-refractivity contribution in [3.05, 3.63) is 12.4 Å². The molecule has 0 aliphatic rings. The van der Waals surface area contributed by atoms with E-state index in [-0.39, 0.29) is 0 Å². The van der Waals surface area contributed by atoms with Crippen molar-refractivity contribution >= 4 is 18.5 Å². The summed E-state index contributed by atoms with van der Waals surface area (Å²) in [6.07, 6.45) is 3.74. The van der Waals surface area contributed by atoms with E-state index in [9.17, 15) is 0 Å². The Morgan fingerprint density at radius 1 is 1.64 bits per heavy atom. The number of aromatic nitrogens is 2. The lowest BCUT2D eigenvalue weighted by atomic mass is 10.4. The normalized spacial score (nSPS) is 10.6. The molecule has 3 nitrogen and oxygen atoms in total. The molecule has 1 aromatic rings. The van der Waals surface area contributed by atoms with Gasteiger partial charge in [-0.05, 0) is 13.8 Å². The lowest BCUT2D eigenvalue weighted by Gasteiger charge is -2.19. The molecule has 0 atom stereocenters. The van der Waals surface area contributed by atoms with Gasteiger partial charge in [-0.3, -0.25) is 4.68 Å². The highest BCUT2D eigenvalue weighted by atomic mass is 32.1. The average Bonchev–Trinajstić information content (AvgIpc) is 2.34. The molecule has 0 amide bonds. The fourth-order valence-electron chi connectivity index (χ4n) is 0.825. The zero-order valence-corrected chi connectivity index (χ0v) is 7.92. The van der Waals surface area contributed by atoms with Gasteiger partial charge in [-0.1, -0.05) is 12.8 Å². The number of hydrogen-bond donors (Lipinski definition) is 1. The maximum Gasteiger partial charge on any atom is 0.0852 e. The van der Waals surface area contributed by atoms with E-state index in [4.69, 9.17) is 0 Å². The van der Waals surface area contributed by atoms with Crippen molar-refractivity contribution < 1.29 is 0 Å². The topological polar surface area (TPSA) is 21.1 Å². The molecule has 0 unspecified atom stereocenters. The first-order chi connectivity index (χ1) is 5.11. The maximum absolute atomic E-state index is 4.31. The van der Waals surface area contributed by atoms with Gasteiger partial charge in [0.25, 0.3) is 0 Å². The molecule has 11 heavy (non-hydrogen) atoms. The van der Waals surface area contributed by atoms with Gasteiger partial charge in [0.05, 0.1) is 11.9 Å². The number of thiol groups is 1. The summed E-state index contributed by atoms with van der Waals surface area (Å²) < 4.78 is 3.65. The van der Waals surface area contributed by atoms with E-state index in [1.54, 1.807) is 10.9 Å². The molecule has 0 radical (unpaired) electrons. The Morgan fingerprint density at radius 3 is 2.64 bits per heavy atom. The van der Waals surface area contributed by atoms with Crippen molar-refractivity contribution in [1.82, 2.24) is 9.78 Å². The third-order valence-electron chi connectivity index (χ3n) is 1.44. The van der Waals surface area contributed by atoms with Crippen LogP contribution in [0.4, 0.5) is 5.69 Å². The van der Waals surface area contributed by atoms with Crippen LogP contribution in [0.25, 0.3) is 0 Å². The van der Waals surface area contributed by atoms with Gasteiger partial charge >= 0.3 is 0 Å². The molecule has 1 aromatic heterocycles. The maximum atomic E-state index is 4.31. The Morgan fingerprint density at radius 2 is 2.27 bits per heavy atom. The van der Waals surface area contributed by atoms with Crippen LogP contribution in [0.15, 0.2) is 12.4 Å². The summed E-state index contributed by atoms with van der Waals surface area (Å²) in [7, 11) is 1.89. The van der Waals surface area contributed by atoms with Crippen molar-refractivity contribution in [3.8, 4) is 0 Å². The molecule has 4 heteroatoms. The molecular weight excluding hydrogens is 158 g/mol. The standard InChI is InChI=1S/C7H13N3S/c1-6(2)10(11)7-4-8-9(3)5-7/h4-6,11H,1-3H3. The molecule has 0 saturated carbocycles. The van der Waals surface area contributed by atoms with Gasteiger partial charge in [0.2, 0.25) is 0 Å². The predicted octanol–water partition coefficient (Wildman–Crippen LogP) is 1.48. The first kappa shape index (κ1) is 8.46. The molecule has 0 fully saturated rings. The van der Waals surface area contributed by atoms with Gasteiger partial charge in [0.15, 0.2) is 0 Å². The van der Waals surface area contributed by atoms with E-state index in [1.165, 1.54) is 0 Å². The Labute approximate surface area is 72.5 Å². The summed E-state index contributed by atoms with van der Waals surface area (Å²) in [5, 5.41) is 4.05. The smallest absolute Gasteiger partial charge is 0.0852 e. The molecule has 1 rings (SSSR count). The van der Waals surface area contributed by atoms with E-state index in [0.717, 1.165) is 5.69 Å². The Balaban J connectivity index is 2.76. The summed E-state index contributed by atoms with van der Waals surface area (Å²) in [6, 6.07) is 0.391. The lowest BCUT2D eigenvalue weighted by Crippen LogP contribution is -2.19. The van der Waals surface area contributed by atoms with Gasteiger partial charge in [-0.25, -0.2) is 0 Å². The van der Waals surface area contributed by atoms with Gasteiger partial charge in [0, 0.05) is 19.3 Å². The summed E-state index contributed by atoms with van der Waals surface area (Å²) >= 11 is 4.31. The van der Waals surface area contributed by atoms with E-state index >= 15 is 0 Å². The summed E-state index contributed by atoms with van der Waals surface area (Å²) in [4.78, 5) is 0. The molecule has 62 valence electrons. The van der Waals surface area contributed by atoms with Gasteiger partial charge in [-0.2, -0.15) is 5.10 Å². The number of anilines is 1. The highest BCUT2D eigenvalue weighted by molar-refractivity contribution is 7.81. The highest BCUT2D eigenvalue weighted by Gasteiger charge is 2.06. The third kappa shape index (κ3) is 1.89. The van der Waals surface area contributed by atoms with E-state index in [2.05, 4.69) is 31.8 Å². The Kier molecular flexibility index (Phi) is 2.44. The molecule has 0 N–H and O–H groups in total. The molecular formula is C7H13N3S. The van der Waals surface area contributed by atoms with E-state index in [1.807, 2.05) is 17.5 Å². The fourth-order valence-corrected chi connectivity index (χ4v) is 0.928. The number of hydrogen-bond acceptors (Lipinski definition) is 3. The largest absolute Gasteiger partial charge is 0.313 e. The van der Waals surface area contributed by atoms with Crippen LogP contribution in [0.5, 0.6) is 0 Å². The summed E-state index contributed by atoms with van der Waals surface area (Å²) in [6.45, 7) is 4.17. The van der Waals surface area contributed by atoms with Crippen molar-refractivity contribution in [2.24, 2.45) is 7.05 Å². The van der Waals surface area contributed by atoms with Crippen LogP contribution in [0.1, 0.15) is 13.8 Å². The second kappa shape index (κ2) is 3.17. The van der Waals surface area contributed by atoms with Crippen LogP contribution >= 0.6 is 12.8 Å². The van der Waals surface area contributed by atoms with Gasteiger partial charge in [0.1, 0.15) is 0 Å². The quantitative estimate of drug-likeness (QED) is 0.680. The third-order valence-corrected chi connectivity index (χ3v) is 2.14. The van der Waals surface area contributed by atoms with Crippen molar-refractivity contribution in [3.63, 3.8) is 0 Å². The molecule has 0 aromatic carbocycles. The predicted molar refractivity (Wildman–Crippen MR) is 49.8 cm³/mol. The Bertz CT molecular complexity index is 231. The van der Waals surface area contributed by atoms with Crippen LogP contribution < -0.4 is 4.31 Å². The fraction of sp³-hybridized carbons (Fsp3) is 0.571. The van der Waals surface area contributed by atoms with E-state index in [0.29, 0.717) is 6.04 Å². The van der Waals surface area contributed by atoms with E-state index < -0.39 is 0 Å². The minimum Gasteiger partial charge on any atom is -0.313 e. The van der Waals surface area contributed by atoms with Crippen LogP contribution in [-0.2, 0) is 7.05 Å². The average molecular weight is 171 g/mol. The van der Waals surface area contributed by atoms with Crippen molar-refractivity contribution in [1.29, 1.82) is 0 Å². The van der Waals surface area contributed by atoms with Gasteiger partial charge < -0.3 is 4.31 Å². The van der Waals surface area contributed by atoms with Crippen LogP contribution in [0.3, 0.4) is 0 Å². The highest BCUT2D eigenvalue weighted by Crippen LogP contribution is 2.16. The molecule has 0 saturated heterocycles. The zero-order chi connectivity index (χ0) is 8.43. The first-order valence-corrected chi connectivity index (χ1v) is 3.98. The molecule has 0 bridgehead atoms.